The second kappa shape index (κ2) is 8.31. The van der Waals surface area contributed by atoms with Crippen LogP contribution in [-0.2, 0) is 0 Å². The van der Waals surface area contributed by atoms with E-state index in [1.54, 1.807) is 0 Å². The summed E-state index contributed by atoms with van der Waals surface area (Å²) in [6.07, 6.45) is 1.87. The molecule has 1 nitrogen and oxygen atoms in total. The summed E-state index contributed by atoms with van der Waals surface area (Å²) >= 11 is 6.58. The van der Waals surface area contributed by atoms with E-state index in [-0.39, 0.29) is 5.99 Å². The topological polar surface area (TPSA) is 12.9 Å². The molecule has 0 atom stereocenters. The number of fused-ring (bicyclic) bond motifs is 1. The van der Waals surface area contributed by atoms with E-state index in [9.17, 15) is 0 Å². The minimum Gasteiger partial charge on any atom is -0.255 e. The highest BCUT2D eigenvalue weighted by molar-refractivity contribution is 14.1. The molecule has 4 aromatic rings. The summed E-state index contributed by atoms with van der Waals surface area (Å²) in [6, 6.07) is 28.2. The molecule has 0 unspecified atom stereocenters. The van der Waals surface area contributed by atoms with Crippen molar-refractivity contribution < 1.29 is 0 Å². The standard InChI is InChI=1S/C21H14BI2NS/c23-18-10-6-16(7-11-18)22(17-8-12-19(24)13-9-17)26-20-5-1-3-15-4-2-14-25-21(15)20/h1-14H. The zero-order chi connectivity index (χ0) is 17.9. The maximum Gasteiger partial charge on any atom is 0.280 e. The van der Waals surface area contributed by atoms with Crippen molar-refractivity contribution in [1.29, 1.82) is 0 Å². The molecule has 26 heavy (non-hydrogen) atoms. The molecule has 126 valence electrons. The Morgan fingerprint density at radius 3 is 1.88 bits per heavy atom. The van der Waals surface area contributed by atoms with Gasteiger partial charge < -0.3 is 0 Å². The van der Waals surface area contributed by atoms with Crippen LogP contribution in [0.4, 0.5) is 0 Å². The van der Waals surface area contributed by atoms with Gasteiger partial charge in [-0.05, 0) is 81.6 Å². The maximum absolute atomic E-state index is 4.63. The van der Waals surface area contributed by atoms with Crippen molar-refractivity contribution in [3.05, 3.63) is 92.2 Å². The molecule has 0 bridgehead atoms. The summed E-state index contributed by atoms with van der Waals surface area (Å²) in [7, 11) is 0. The van der Waals surface area contributed by atoms with Gasteiger partial charge in [-0.2, -0.15) is 11.6 Å². The Bertz CT molecular complexity index is 985. The van der Waals surface area contributed by atoms with Crippen LogP contribution in [0.3, 0.4) is 0 Å². The normalized spacial score (nSPS) is 10.8. The van der Waals surface area contributed by atoms with E-state index >= 15 is 0 Å². The average molecular weight is 577 g/mol. The maximum atomic E-state index is 4.63. The summed E-state index contributed by atoms with van der Waals surface area (Å²) in [5.74, 6) is 0.233. The highest BCUT2D eigenvalue weighted by atomic mass is 127. The van der Waals surface area contributed by atoms with E-state index in [0.717, 1.165) is 5.52 Å². The Labute approximate surface area is 185 Å². The first-order chi connectivity index (χ1) is 12.7. The number of hydrogen-bond acceptors (Lipinski definition) is 2. The van der Waals surface area contributed by atoms with Crippen LogP contribution < -0.4 is 10.9 Å². The largest absolute Gasteiger partial charge is 0.280 e. The molecule has 0 radical (unpaired) electrons. The third kappa shape index (κ3) is 4.10. The van der Waals surface area contributed by atoms with E-state index in [1.165, 1.54) is 28.3 Å². The summed E-state index contributed by atoms with van der Waals surface area (Å²) < 4.78 is 2.51. The monoisotopic (exact) mass is 577 g/mol. The number of hydrogen-bond donors (Lipinski definition) is 0. The van der Waals surface area contributed by atoms with Crippen LogP contribution in [0.25, 0.3) is 10.9 Å². The molecular formula is C21H14BI2NS. The number of pyridine rings is 1. The van der Waals surface area contributed by atoms with Gasteiger partial charge in [0.05, 0.1) is 5.52 Å². The molecule has 0 saturated carbocycles. The molecule has 0 N–H and O–H groups in total. The first-order valence-corrected chi connectivity index (χ1v) is 11.3. The Morgan fingerprint density at radius 1 is 0.692 bits per heavy atom. The number of para-hydroxylation sites is 1. The molecule has 0 aliphatic rings. The molecule has 1 aromatic heterocycles. The van der Waals surface area contributed by atoms with Crippen molar-refractivity contribution in [2.24, 2.45) is 0 Å². The van der Waals surface area contributed by atoms with Crippen LogP contribution in [0.2, 0.25) is 0 Å². The molecule has 0 aliphatic carbocycles. The summed E-state index contributed by atoms with van der Waals surface area (Å²) in [5.41, 5.74) is 3.69. The first kappa shape index (κ1) is 18.3. The minimum absolute atomic E-state index is 0.233. The second-order valence-electron chi connectivity index (χ2n) is 5.93. The fourth-order valence-electron chi connectivity index (χ4n) is 2.90. The number of aromatic nitrogens is 1. The molecule has 0 amide bonds. The summed E-state index contributed by atoms with van der Waals surface area (Å²) in [6.45, 7) is 0. The van der Waals surface area contributed by atoms with Crippen LogP contribution in [0.5, 0.6) is 0 Å². The predicted molar refractivity (Wildman–Crippen MR) is 131 cm³/mol. The second-order valence-corrected chi connectivity index (χ2v) is 9.57. The van der Waals surface area contributed by atoms with Gasteiger partial charge in [-0.3, -0.25) is 4.98 Å². The van der Waals surface area contributed by atoms with Gasteiger partial charge in [0.25, 0.3) is 5.99 Å². The fraction of sp³-hybridized carbons (Fsp3) is 0. The Hall–Kier alpha value is -1.06. The highest BCUT2D eigenvalue weighted by Gasteiger charge is 2.22. The number of rotatable bonds is 4. The van der Waals surface area contributed by atoms with E-state index in [4.69, 9.17) is 0 Å². The zero-order valence-corrected chi connectivity index (χ0v) is 18.9. The molecule has 0 aliphatic heterocycles. The quantitative estimate of drug-likeness (QED) is 0.240. The Balaban J connectivity index is 1.79. The molecule has 3 aromatic carbocycles. The first-order valence-electron chi connectivity index (χ1n) is 8.22. The van der Waals surface area contributed by atoms with E-state index in [0.29, 0.717) is 0 Å². The summed E-state index contributed by atoms with van der Waals surface area (Å²) in [5, 5.41) is 1.18. The Morgan fingerprint density at radius 2 is 1.27 bits per heavy atom. The Kier molecular flexibility index (Phi) is 5.85. The van der Waals surface area contributed by atoms with Crippen LogP contribution in [0.15, 0.2) is 90.0 Å². The van der Waals surface area contributed by atoms with Gasteiger partial charge >= 0.3 is 0 Å². The molecule has 5 heteroatoms. The van der Waals surface area contributed by atoms with Crippen LogP contribution in [-0.4, -0.2) is 11.0 Å². The molecule has 4 rings (SSSR count). The smallest absolute Gasteiger partial charge is 0.255 e. The minimum atomic E-state index is 0.233. The third-order valence-electron chi connectivity index (χ3n) is 4.19. The lowest BCUT2D eigenvalue weighted by atomic mass is 9.62. The molecule has 0 spiro atoms. The van der Waals surface area contributed by atoms with E-state index in [1.807, 2.05) is 23.9 Å². The van der Waals surface area contributed by atoms with Gasteiger partial charge in [0.2, 0.25) is 0 Å². The van der Waals surface area contributed by atoms with Gasteiger partial charge in [0.15, 0.2) is 0 Å². The lowest BCUT2D eigenvalue weighted by Crippen LogP contribution is -2.39. The van der Waals surface area contributed by atoms with Crippen molar-refractivity contribution >= 4 is 84.6 Å². The fourth-order valence-corrected chi connectivity index (χ4v) is 4.90. The van der Waals surface area contributed by atoms with Crippen LogP contribution in [0.1, 0.15) is 0 Å². The van der Waals surface area contributed by atoms with E-state index in [2.05, 4.69) is 123 Å². The summed E-state index contributed by atoms with van der Waals surface area (Å²) in [4.78, 5) is 5.84. The van der Waals surface area contributed by atoms with Gasteiger partial charge in [-0.15, -0.1) is 0 Å². The van der Waals surface area contributed by atoms with Crippen molar-refractivity contribution in [1.82, 2.24) is 4.98 Å². The number of benzene rings is 3. The van der Waals surface area contributed by atoms with E-state index < -0.39 is 0 Å². The molecule has 1 heterocycles. The van der Waals surface area contributed by atoms with Crippen molar-refractivity contribution in [2.45, 2.75) is 4.90 Å². The third-order valence-corrected chi connectivity index (χ3v) is 6.99. The SMILES string of the molecule is Ic1ccc(B(Sc2cccc3cccnc23)c2ccc(I)cc2)cc1. The van der Waals surface area contributed by atoms with Crippen LogP contribution in [0, 0.1) is 7.14 Å². The predicted octanol–water partition coefficient (Wildman–Crippen LogP) is 5.34. The van der Waals surface area contributed by atoms with Gasteiger partial charge in [-0.1, -0.05) is 53.4 Å². The van der Waals surface area contributed by atoms with Crippen molar-refractivity contribution in [3.8, 4) is 0 Å². The van der Waals surface area contributed by atoms with Gasteiger partial charge in [0, 0.05) is 23.6 Å². The number of halogens is 2. The molecular weight excluding hydrogens is 563 g/mol. The van der Waals surface area contributed by atoms with Crippen LogP contribution >= 0.6 is 56.8 Å². The average Bonchev–Trinajstić information content (AvgIpc) is 2.68. The van der Waals surface area contributed by atoms with Gasteiger partial charge in [-0.25, -0.2) is 0 Å². The lowest BCUT2D eigenvalue weighted by molar-refractivity contribution is 1.35. The highest BCUT2D eigenvalue weighted by Crippen LogP contribution is 2.28. The molecule has 0 fully saturated rings. The van der Waals surface area contributed by atoms with Crippen molar-refractivity contribution in [2.75, 3.05) is 0 Å². The van der Waals surface area contributed by atoms with Crippen molar-refractivity contribution in [3.63, 3.8) is 0 Å². The van der Waals surface area contributed by atoms with Gasteiger partial charge in [0.1, 0.15) is 0 Å². The number of nitrogens with zero attached hydrogens (tertiary/aromatic N) is 1. The molecule has 0 saturated heterocycles. The lowest BCUT2D eigenvalue weighted by Gasteiger charge is -2.16. The zero-order valence-electron chi connectivity index (χ0n) is 13.8.